The molecule has 0 aromatic carbocycles. The van der Waals surface area contributed by atoms with Crippen molar-refractivity contribution in [2.24, 2.45) is 5.73 Å². The normalized spacial score (nSPS) is 12.0. The molecule has 0 aliphatic carbocycles. The van der Waals surface area contributed by atoms with Gasteiger partial charge in [-0.25, -0.2) is 0 Å². The van der Waals surface area contributed by atoms with Crippen molar-refractivity contribution < 1.29 is 13.3 Å². The van der Waals surface area contributed by atoms with E-state index >= 15 is 0 Å². The van der Waals surface area contributed by atoms with Gasteiger partial charge in [0.1, 0.15) is 0 Å². The molecule has 0 atom stereocenters. The largest absolute Gasteiger partial charge is 0.400 e. The monoisotopic (exact) mass is 183 g/mol. The second kappa shape index (κ2) is 2.71. The van der Waals surface area contributed by atoms with Crippen LogP contribution in [0.5, 0.6) is 0 Å². The molecule has 1 rings (SSSR count). The molecule has 0 saturated carbocycles. The number of aromatic nitrogens is 2. The summed E-state index contributed by atoms with van der Waals surface area (Å²) in [6.45, 7) is -0.0591. The maximum absolute atomic E-state index is 12.1. The van der Waals surface area contributed by atoms with E-state index < -0.39 is 11.3 Å². The van der Waals surface area contributed by atoms with Crippen molar-refractivity contribution in [3.8, 4) is 0 Å². The van der Waals surface area contributed by atoms with Crippen LogP contribution in [0, 0.1) is 0 Å². The molecule has 0 aliphatic heterocycles. The fraction of sp³-hybridized carbons (Fsp3) is 0.500. The number of halogens is 3. The van der Waals surface area contributed by atoms with Crippen LogP contribution in [0.1, 0.15) is 11.7 Å². The molecule has 0 unspecified atom stereocenters. The number of rotatable bonds is 2. The quantitative estimate of drug-likeness (QED) is 0.690. The summed E-state index contributed by atoms with van der Waals surface area (Å²) in [5.41, 5.74) is 5.03. The van der Waals surface area contributed by atoms with E-state index in [1.165, 1.54) is 0 Å². The molecule has 11 heavy (non-hydrogen) atoms. The summed E-state index contributed by atoms with van der Waals surface area (Å²) in [5, 5.41) is -0.485. The fourth-order valence-electron chi connectivity index (χ4n) is 0.452. The summed E-state index contributed by atoms with van der Waals surface area (Å²) < 4.78 is 28.4. The fourth-order valence-corrected chi connectivity index (χ4v) is 0.529. The zero-order chi connectivity index (χ0) is 8.48. The molecular weight excluding hydrogens is 180 g/mol. The van der Waals surface area contributed by atoms with Crippen LogP contribution in [0.4, 0.5) is 8.78 Å². The zero-order valence-corrected chi connectivity index (χ0v) is 5.98. The Labute approximate surface area is 65.3 Å². The smallest absolute Gasteiger partial charge is 0.331 e. The van der Waals surface area contributed by atoms with Crippen molar-refractivity contribution >= 4 is 11.6 Å². The Morgan fingerprint density at radius 1 is 1.64 bits per heavy atom. The van der Waals surface area contributed by atoms with E-state index in [-0.39, 0.29) is 12.4 Å². The first-order valence-electron chi connectivity index (χ1n) is 2.64. The van der Waals surface area contributed by atoms with E-state index in [1.807, 2.05) is 0 Å². The van der Waals surface area contributed by atoms with Crippen molar-refractivity contribution in [2.75, 3.05) is 0 Å². The predicted molar refractivity (Wildman–Crippen MR) is 31.9 cm³/mol. The predicted octanol–water partition coefficient (Wildman–Crippen LogP) is 0.816. The zero-order valence-electron chi connectivity index (χ0n) is 5.22. The lowest BCUT2D eigenvalue weighted by Crippen LogP contribution is -2.04. The molecule has 1 aromatic heterocycles. The molecular formula is C4H4ClF2N3O. The van der Waals surface area contributed by atoms with E-state index in [2.05, 4.69) is 26.3 Å². The Kier molecular flexibility index (Phi) is 2.05. The van der Waals surface area contributed by atoms with Crippen LogP contribution in [0.25, 0.3) is 0 Å². The molecule has 4 nitrogen and oxygen atoms in total. The third-order valence-electron chi connectivity index (χ3n) is 0.893. The number of nitrogens with zero attached hydrogens (tertiary/aromatic N) is 2. The molecule has 0 radical (unpaired) electrons. The molecule has 0 spiro atoms. The van der Waals surface area contributed by atoms with Gasteiger partial charge in [0.2, 0.25) is 0 Å². The summed E-state index contributed by atoms with van der Waals surface area (Å²) in [7, 11) is 0. The highest BCUT2D eigenvalue weighted by Gasteiger charge is 2.35. The van der Waals surface area contributed by atoms with Gasteiger partial charge < -0.3 is 10.3 Å². The Hall–Kier alpha value is -0.750. The topological polar surface area (TPSA) is 64.9 Å². The number of alkyl halides is 3. The minimum atomic E-state index is -3.61. The maximum atomic E-state index is 12.1. The summed E-state index contributed by atoms with van der Waals surface area (Å²) in [5.74, 6) is -0.931. The second-order valence-electron chi connectivity index (χ2n) is 1.72. The first-order valence-corrected chi connectivity index (χ1v) is 3.01. The number of hydrogen-bond acceptors (Lipinski definition) is 4. The number of hydrogen-bond donors (Lipinski definition) is 1. The highest BCUT2D eigenvalue weighted by Crippen LogP contribution is 2.30. The summed E-state index contributed by atoms with van der Waals surface area (Å²) in [4.78, 5) is 3.22. The van der Waals surface area contributed by atoms with Crippen LogP contribution in [0.2, 0.25) is 0 Å². The van der Waals surface area contributed by atoms with Gasteiger partial charge in [-0.2, -0.15) is 13.8 Å². The van der Waals surface area contributed by atoms with Crippen molar-refractivity contribution in [3.05, 3.63) is 11.7 Å². The van der Waals surface area contributed by atoms with E-state index in [4.69, 9.17) is 5.73 Å². The lowest BCUT2D eigenvalue weighted by molar-refractivity contribution is 0.0550. The van der Waals surface area contributed by atoms with Gasteiger partial charge in [0, 0.05) is 0 Å². The highest BCUT2D eigenvalue weighted by molar-refractivity contribution is 6.21. The first kappa shape index (κ1) is 8.35. The van der Waals surface area contributed by atoms with Crippen LogP contribution < -0.4 is 5.73 Å². The van der Waals surface area contributed by atoms with Gasteiger partial charge in [-0.05, 0) is 11.6 Å². The van der Waals surface area contributed by atoms with Gasteiger partial charge in [0.05, 0.1) is 6.54 Å². The van der Waals surface area contributed by atoms with E-state index in [1.54, 1.807) is 0 Å². The van der Waals surface area contributed by atoms with Gasteiger partial charge in [0.15, 0.2) is 5.82 Å². The van der Waals surface area contributed by atoms with Crippen LogP contribution in [-0.4, -0.2) is 10.1 Å². The SMILES string of the molecule is NCc1noc(C(F)(F)Cl)n1. The average Bonchev–Trinajstić information content (AvgIpc) is 2.32. The highest BCUT2D eigenvalue weighted by atomic mass is 35.5. The van der Waals surface area contributed by atoms with E-state index in [0.717, 1.165) is 0 Å². The molecule has 7 heteroatoms. The van der Waals surface area contributed by atoms with Gasteiger partial charge in [-0.3, -0.25) is 0 Å². The molecule has 1 aromatic rings. The Bertz CT molecular complexity index is 246. The Balaban J connectivity index is 2.89. The van der Waals surface area contributed by atoms with Crippen molar-refractivity contribution in [1.82, 2.24) is 10.1 Å². The van der Waals surface area contributed by atoms with Gasteiger partial charge in [-0.1, -0.05) is 5.16 Å². The molecule has 1 heterocycles. The third kappa shape index (κ3) is 1.84. The molecule has 0 saturated heterocycles. The summed E-state index contributed by atoms with van der Waals surface area (Å²) in [6, 6.07) is 0. The molecule has 0 aliphatic rings. The average molecular weight is 184 g/mol. The van der Waals surface area contributed by atoms with Gasteiger partial charge >= 0.3 is 11.3 Å². The van der Waals surface area contributed by atoms with E-state index in [0.29, 0.717) is 0 Å². The molecule has 0 amide bonds. The van der Waals surface area contributed by atoms with Crippen molar-refractivity contribution in [1.29, 1.82) is 0 Å². The van der Waals surface area contributed by atoms with Crippen LogP contribution in [0.3, 0.4) is 0 Å². The van der Waals surface area contributed by atoms with Gasteiger partial charge in [-0.15, -0.1) is 0 Å². The summed E-state index contributed by atoms with van der Waals surface area (Å²) in [6.07, 6.45) is 0. The number of nitrogens with two attached hydrogens (primary N) is 1. The Morgan fingerprint density at radius 3 is 2.55 bits per heavy atom. The van der Waals surface area contributed by atoms with Crippen molar-refractivity contribution in [2.45, 2.75) is 11.9 Å². The Morgan fingerprint density at radius 2 is 2.27 bits per heavy atom. The van der Waals surface area contributed by atoms with E-state index in [9.17, 15) is 8.78 Å². The lowest BCUT2D eigenvalue weighted by Gasteiger charge is -1.97. The standard InChI is InChI=1S/C4H4ClF2N3O/c5-4(6,7)3-9-2(1-8)10-11-3/h1,8H2. The third-order valence-corrected chi connectivity index (χ3v) is 1.05. The molecule has 0 fully saturated rings. The van der Waals surface area contributed by atoms with Crippen molar-refractivity contribution in [3.63, 3.8) is 0 Å². The van der Waals surface area contributed by atoms with Crippen LogP contribution >= 0.6 is 11.6 Å². The minimum Gasteiger partial charge on any atom is -0.331 e. The minimum absolute atomic E-state index is 0.000301. The maximum Gasteiger partial charge on any atom is 0.400 e. The summed E-state index contributed by atoms with van der Waals surface area (Å²) >= 11 is 4.56. The lowest BCUT2D eigenvalue weighted by atomic mass is 10.6. The van der Waals surface area contributed by atoms with Gasteiger partial charge in [0.25, 0.3) is 0 Å². The molecule has 62 valence electrons. The molecule has 0 bridgehead atoms. The first-order chi connectivity index (χ1) is 5.04. The van der Waals surface area contributed by atoms with Crippen LogP contribution in [0.15, 0.2) is 4.52 Å². The second-order valence-corrected chi connectivity index (χ2v) is 2.19. The molecule has 2 N–H and O–H groups in total. The van der Waals surface area contributed by atoms with Crippen LogP contribution in [-0.2, 0) is 11.9 Å².